The van der Waals surface area contributed by atoms with Gasteiger partial charge in [0.2, 0.25) is 0 Å². The highest BCUT2D eigenvalue weighted by atomic mass is 79.9. The lowest BCUT2D eigenvalue weighted by atomic mass is 10.0. The van der Waals surface area contributed by atoms with Gasteiger partial charge in [0, 0.05) is 4.47 Å². The molecule has 1 atom stereocenters. The number of hydrogen-bond acceptors (Lipinski definition) is 1. The van der Waals surface area contributed by atoms with Crippen LogP contribution < -0.4 is 0 Å². The molecule has 0 radical (unpaired) electrons. The maximum atomic E-state index is 13.0. The third-order valence-corrected chi connectivity index (χ3v) is 3.64. The van der Waals surface area contributed by atoms with Crippen molar-refractivity contribution >= 4 is 27.5 Å². The van der Waals surface area contributed by atoms with Crippen molar-refractivity contribution < 1.29 is 9.50 Å². The molecule has 2 aromatic rings. The highest BCUT2D eigenvalue weighted by Crippen LogP contribution is 2.29. The van der Waals surface area contributed by atoms with Gasteiger partial charge in [-0.1, -0.05) is 29.8 Å². The monoisotopic (exact) mass is 314 g/mol. The van der Waals surface area contributed by atoms with E-state index >= 15 is 0 Å². The third kappa shape index (κ3) is 2.86. The largest absolute Gasteiger partial charge is 0.384 e. The van der Waals surface area contributed by atoms with Crippen LogP contribution in [0, 0.1) is 5.82 Å². The predicted molar refractivity (Wildman–Crippen MR) is 69.6 cm³/mol. The van der Waals surface area contributed by atoms with Crippen molar-refractivity contribution in [3.63, 3.8) is 0 Å². The Hall–Kier alpha value is -0.900. The minimum absolute atomic E-state index is 0.366. The van der Waals surface area contributed by atoms with Crippen molar-refractivity contribution in [2.45, 2.75) is 6.10 Å². The molecule has 2 rings (SSSR count). The van der Waals surface area contributed by atoms with Crippen molar-refractivity contribution in [3.8, 4) is 0 Å². The summed E-state index contributed by atoms with van der Waals surface area (Å²) in [6.45, 7) is 0. The molecule has 0 bridgehead atoms. The van der Waals surface area contributed by atoms with Crippen LogP contribution in [-0.4, -0.2) is 5.11 Å². The summed E-state index contributed by atoms with van der Waals surface area (Å²) in [6, 6.07) is 11.0. The molecule has 17 heavy (non-hydrogen) atoms. The van der Waals surface area contributed by atoms with Crippen molar-refractivity contribution in [2.24, 2.45) is 0 Å². The zero-order chi connectivity index (χ0) is 12.4. The quantitative estimate of drug-likeness (QED) is 0.875. The lowest BCUT2D eigenvalue weighted by Crippen LogP contribution is -2.00. The van der Waals surface area contributed by atoms with Gasteiger partial charge in [-0.25, -0.2) is 4.39 Å². The smallest absolute Gasteiger partial charge is 0.123 e. The first kappa shape index (κ1) is 12.6. The normalized spacial score (nSPS) is 12.5. The molecule has 0 saturated heterocycles. The summed E-state index contributed by atoms with van der Waals surface area (Å²) in [6.07, 6.45) is -0.862. The minimum Gasteiger partial charge on any atom is -0.384 e. The number of benzene rings is 2. The molecular formula is C13H9BrClFO. The van der Waals surface area contributed by atoms with Gasteiger partial charge >= 0.3 is 0 Å². The molecule has 0 spiro atoms. The molecule has 1 nitrogen and oxygen atoms in total. The zero-order valence-electron chi connectivity index (χ0n) is 8.70. The van der Waals surface area contributed by atoms with Crippen LogP contribution in [0.3, 0.4) is 0 Å². The van der Waals surface area contributed by atoms with E-state index in [1.165, 1.54) is 12.1 Å². The van der Waals surface area contributed by atoms with E-state index in [0.717, 1.165) is 0 Å². The molecule has 88 valence electrons. The number of halogens is 3. The Morgan fingerprint density at radius 3 is 2.47 bits per heavy atom. The highest BCUT2D eigenvalue weighted by molar-refractivity contribution is 9.10. The molecule has 0 saturated carbocycles. The van der Waals surface area contributed by atoms with Crippen LogP contribution in [0.15, 0.2) is 46.9 Å². The van der Waals surface area contributed by atoms with E-state index in [4.69, 9.17) is 11.6 Å². The average molecular weight is 316 g/mol. The van der Waals surface area contributed by atoms with Gasteiger partial charge in [0.15, 0.2) is 0 Å². The fourth-order valence-electron chi connectivity index (χ4n) is 1.55. The van der Waals surface area contributed by atoms with Gasteiger partial charge < -0.3 is 5.11 Å². The highest BCUT2D eigenvalue weighted by Gasteiger charge is 2.12. The topological polar surface area (TPSA) is 20.2 Å². The molecule has 0 fully saturated rings. The lowest BCUT2D eigenvalue weighted by molar-refractivity contribution is 0.219. The van der Waals surface area contributed by atoms with Gasteiger partial charge in [0.05, 0.1) is 5.02 Å². The molecule has 0 aliphatic heterocycles. The summed E-state index contributed by atoms with van der Waals surface area (Å²) >= 11 is 9.15. The zero-order valence-corrected chi connectivity index (χ0v) is 11.0. The second-order valence-electron chi connectivity index (χ2n) is 3.63. The first-order valence-corrected chi connectivity index (χ1v) is 6.13. The Labute approximate surface area is 112 Å². The van der Waals surface area contributed by atoms with E-state index in [9.17, 15) is 9.50 Å². The van der Waals surface area contributed by atoms with E-state index in [1.807, 2.05) is 0 Å². The maximum Gasteiger partial charge on any atom is 0.123 e. The summed E-state index contributed by atoms with van der Waals surface area (Å²) in [7, 11) is 0. The minimum atomic E-state index is -0.862. The molecule has 0 aliphatic carbocycles. The Bertz CT molecular complexity index is 545. The molecule has 0 amide bonds. The molecular weight excluding hydrogens is 306 g/mol. The lowest BCUT2D eigenvalue weighted by Gasteiger charge is -2.12. The summed E-state index contributed by atoms with van der Waals surface area (Å²) < 4.78 is 13.7. The molecule has 1 N–H and O–H groups in total. The molecule has 0 aliphatic rings. The van der Waals surface area contributed by atoms with Gasteiger partial charge in [-0.15, -0.1) is 0 Å². The summed E-state index contributed by atoms with van der Waals surface area (Å²) in [4.78, 5) is 0. The summed E-state index contributed by atoms with van der Waals surface area (Å²) in [5.41, 5.74) is 1.17. The Morgan fingerprint density at radius 2 is 1.82 bits per heavy atom. The molecule has 0 heterocycles. The van der Waals surface area contributed by atoms with Crippen molar-refractivity contribution in [2.75, 3.05) is 0 Å². The Balaban J connectivity index is 2.36. The van der Waals surface area contributed by atoms with Crippen LogP contribution in [0.4, 0.5) is 4.39 Å². The Kier molecular flexibility index (Phi) is 3.82. The third-order valence-electron chi connectivity index (χ3n) is 2.42. The first-order chi connectivity index (χ1) is 8.08. The van der Waals surface area contributed by atoms with Crippen LogP contribution in [0.2, 0.25) is 5.02 Å². The molecule has 2 aromatic carbocycles. The number of aliphatic hydroxyl groups excluding tert-OH is 1. The van der Waals surface area contributed by atoms with Crippen molar-refractivity contribution in [3.05, 3.63) is 68.9 Å². The van der Waals surface area contributed by atoms with Crippen LogP contribution in [0.25, 0.3) is 0 Å². The fraction of sp³-hybridized carbons (Fsp3) is 0.0769. The van der Waals surface area contributed by atoms with Gasteiger partial charge in [-0.2, -0.15) is 0 Å². The average Bonchev–Trinajstić information content (AvgIpc) is 2.32. The number of aliphatic hydroxyl groups is 1. The first-order valence-electron chi connectivity index (χ1n) is 4.96. The summed E-state index contributed by atoms with van der Waals surface area (Å²) in [5.74, 6) is -0.366. The second-order valence-corrected chi connectivity index (χ2v) is 4.89. The van der Waals surface area contributed by atoms with E-state index < -0.39 is 6.10 Å². The van der Waals surface area contributed by atoms with Crippen molar-refractivity contribution in [1.82, 2.24) is 0 Å². The Morgan fingerprint density at radius 1 is 1.12 bits per heavy atom. The van der Waals surface area contributed by atoms with Gasteiger partial charge in [-0.05, 0) is 51.3 Å². The summed E-state index contributed by atoms with van der Waals surface area (Å²) in [5, 5.41) is 10.7. The molecule has 1 unspecified atom stereocenters. The van der Waals surface area contributed by atoms with Crippen LogP contribution >= 0.6 is 27.5 Å². The SMILES string of the molecule is OC(c1cccc(F)c1)c1ccc(Cl)c(Br)c1. The number of rotatable bonds is 2. The van der Waals surface area contributed by atoms with E-state index in [-0.39, 0.29) is 5.82 Å². The maximum absolute atomic E-state index is 13.0. The van der Waals surface area contributed by atoms with Gasteiger partial charge in [-0.3, -0.25) is 0 Å². The second kappa shape index (κ2) is 5.17. The predicted octanol–water partition coefficient (Wildman–Crippen LogP) is 4.32. The van der Waals surface area contributed by atoms with Crippen LogP contribution in [-0.2, 0) is 0 Å². The van der Waals surface area contributed by atoms with Gasteiger partial charge in [0.1, 0.15) is 11.9 Å². The van der Waals surface area contributed by atoms with Crippen LogP contribution in [0.5, 0.6) is 0 Å². The molecule has 0 aromatic heterocycles. The standard InChI is InChI=1S/C13H9BrClFO/c14-11-7-9(4-5-12(11)15)13(17)8-2-1-3-10(16)6-8/h1-7,13,17H. The van der Waals surface area contributed by atoms with E-state index in [0.29, 0.717) is 20.6 Å². The van der Waals surface area contributed by atoms with E-state index in [1.54, 1.807) is 30.3 Å². The van der Waals surface area contributed by atoms with Crippen LogP contribution in [0.1, 0.15) is 17.2 Å². The number of hydrogen-bond donors (Lipinski definition) is 1. The van der Waals surface area contributed by atoms with E-state index in [2.05, 4.69) is 15.9 Å². The van der Waals surface area contributed by atoms with Gasteiger partial charge in [0.25, 0.3) is 0 Å². The van der Waals surface area contributed by atoms with Crippen molar-refractivity contribution in [1.29, 1.82) is 0 Å². The fourth-order valence-corrected chi connectivity index (χ4v) is 2.07. The molecule has 4 heteroatoms.